The maximum Gasteiger partial charge on any atom is 0.320 e. The summed E-state index contributed by atoms with van der Waals surface area (Å²) < 4.78 is 24.2. The van der Waals surface area contributed by atoms with E-state index in [1.54, 1.807) is 14.0 Å². The van der Waals surface area contributed by atoms with Gasteiger partial charge in [-0.25, -0.2) is 8.42 Å². The van der Waals surface area contributed by atoms with Gasteiger partial charge >= 0.3 is 5.97 Å². The first-order valence-electron chi connectivity index (χ1n) is 6.19. The molecule has 0 aliphatic heterocycles. The van der Waals surface area contributed by atoms with E-state index in [1.807, 2.05) is 0 Å². The van der Waals surface area contributed by atoms with Gasteiger partial charge in [0.2, 0.25) is 0 Å². The molecule has 0 heterocycles. The van der Waals surface area contributed by atoms with Crippen molar-refractivity contribution < 1.29 is 18.3 Å². The van der Waals surface area contributed by atoms with Gasteiger partial charge in [0, 0.05) is 11.6 Å². The van der Waals surface area contributed by atoms with Crippen LogP contribution >= 0.6 is 11.6 Å². The number of halogens is 1. The standard InChI is InChI=1S/C13H18ClNO4S/c1-3-12(13(16)17)15(2)8-9-20(18,19)11-6-4-10(14)5-7-11/h4-7,12H,3,8-9H2,1-2H3,(H,16,17). The number of rotatable bonds is 7. The second-order valence-electron chi connectivity index (χ2n) is 4.52. The lowest BCUT2D eigenvalue weighted by molar-refractivity contribution is -0.142. The largest absolute Gasteiger partial charge is 0.480 e. The Bertz CT molecular complexity index is 556. The molecule has 1 rings (SSSR count). The molecule has 0 bridgehead atoms. The zero-order valence-electron chi connectivity index (χ0n) is 11.4. The summed E-state index contributed by atoms with van der Waals surface area (Å²) in [5.41, 5.74) is 0. The number of likely N-dealkylation sites (N-methyl/N-ethyl adjacent to an activating group) is 1. The van der Waals surface area contributed by atoms with E-state index in [9.17, 15) is 13.2 Å². The third kappa shape index (κ3) is 4.47. The molecule has 112 valence electrons. The zero-order chi connectivity index (χ0) is 15.3. The number of nitrogens with zero attached hydrogens (tertiary/aromatic N) is 1. The first-order valence-corrected chi connectivity index (χ1v) is 8.22. The van der Waals surface area contributed by atoms with Crippen LogP contribution in [0.2, 0.25) is 5.02 Å². The van der Waals surface area contributed by atoms with E-state index in [0.717, 1.165) is 0 Å². The Morgan fingerprint density at radius 3 is 2.35 bits per heavy atom. The van der Waals surface area contributed by atoms with Crippen molar-refractivity contribution in [1.29, 1.82) is 0 Å². The Kier molecular flexibility index (Phi) is 5.98. The molecule has 1 aromatic rings. The zero-order valence-corrected chi connectivity index (χ0v) is 13.0. The number of benzene rings is 1. The molecule has 0 radical (unpaired) electrons. The summed E-state index contributed by atoms with van der Waals surface area (Å²) in [5.74, 6) is -1.08. The van der Waals surface area contributed by atoms with E-state index in [-0.39, 0.29) is 17.2 Å². The van der Waals surface area contributed by atoms with E-state index in [2.05, 4.69) is 0 Å². The van der Waals surface area contributed by atoms with Crippen molar-refractivity contribution in [2.45, 2.75) is 24.3 Å². The van der Waals surface area contributed by atoms with Crippen molar-refractivity contribution in [1.82, 2.24) is 4.90 Å². The number of carboxylic acids is 1. The average Bonchev–Trinajstić information content (AvgIpc) is 2.37. The number of sulfone groups is 1. The van der Waals surface area contributed by atoms with Gasteiger partial charge in [0.1, 0.15) is 6.04 Å². The van der Waals surface area contributed by atoms with Crippen molar-refractivity contribution in [3.63, 3.8) is 0 Å². The van der Waals surface area contributed by atoms with Crippen LogP contribution in [0.5, 0.6) is 0 Å². The van der Waals surface area contributed by atoms with Crippen molar-refractivity contribution in [3.05, 3.63) is 29.3 Å². The van der Waals surface area contributed by atoms with Gasteiger partial charge in [-0.1, -0.05) is 18.5 Å². The summed E-state index contributed by atoms with van der Waals surface area (Å²) in [5, 5.41) is 9.49. The Morgan fingerprint density at radius 1 is 1.35 bits per heavy atom. The fourth-order valence-electron chi connectivity index (χ4n) is 1.85. The van der Waals surface area contributed by atoms with Crippen molar-refractivity contribution in [2.24, 2.45) is 0 Å². The highest BCUT2D eigenvalue weighted by Crippen LogP contribution is 2.15. The summed E-state index contributed by atoms with van der Waals surface area (Å²) in [4.78, 5) is 12.7. The highest BCUT2D eigenvalue weighted by atomic mass is 35.5. The molecule has 0 amide bonds. The lowest BCUT2D eigenvalue weighted by atomic mass is 10.2. The first kappa shape index (κ1) is 16.9. The Hall–Kier alpha value is -1.11. The minimum atomic E-state index is -3.43. The average molecular weight is 320 g/mol. The molecular weight excluding hydrogens is 302 g/mol. The van der Waals surface area contributed by atoms with Crippen LogP contribution in [0, 0.1) is 0 Å². The van der Waals surface area contributed by atoms with Gasteiger partial charge in [-0.3, -0.25) is 9.69 Å². The van der Waals surface area contributed by atoms with Gasteiger partial charge in [-0.05, 0) is 37.7 Å². The third-order valence-corrected chi connectivity index (χ3v) is 5.05. The van der Waals surface area contributed by atoms with Crippen LogP contribution < -0.4 is 0 Å². The molecule has 0 fully saturated rings. The second-order valence-corrected chi connectivity index (χ2v) is 7.06. The number of carboxylic acid groups (broad SMARTS) is 1. The van der Waals surface area contributed by atoms with Crippen molar-refractivity contribution in [3.8, 4) is 0 Å². The summed E-state index contributed by atoms with van der Waals surface area (Å²) in [6.07, 6.45) is 0.423. The van der Waals surface area contributed by atoms with Gasteiger partial charge < -0.3 is 5.11 Å². The molecule has 1 aromatic carbocycles. The number of aliphatic carboxylic acids is 1. The lowest BCUT2D eigenvalue weighted by Gasteiger charge is -2.23. The van der Waals surface area contributed by atoms with E-state index in [1.165, 1.54) is 29.2 Å². The van der Waals surface area contributed by atoms with Gasteiger partial charge in [-0.15, -0.1) is 0 Å². The Labute approximate surface area is 124 Å². The molecule has 7 heteroatoms. The fraction of sp³-hybridized carbons (Fsp3) is 0.462. The van der Waals surface area contributed by atoms with Crippen LogP contribution in [-0.4, -0.2) is 49.8 Å². The lowest BCUT2D eigenvalue weighted by Crippen LogP contribution is -2.40. The van der Waals surface area contributed by atoms with Gasteiger partial charge in [0.25, 0.3) is 0 Å². The maximum absolute atomic E-state index is 12.1. The van der Waals surface area contributed by atoms with Crippen molar-refractivity contribution in [2.75, 3.05) is 19.3 Å². The monoisotopic (exact) mass is 319 g/mol. The predicted molar refractivity (Wildman–Crippen MR) is 77.8 cm³/mol. The molecule has 0 aromatic heterocycles. The predicted octanol–water partition coefficient (Wildman–Crippen LogP) is 1.91. The highest BCUT2D eigenvalue weighted by molar-refractivity contribution is 7.91. The Morgan fingerprint density at radius 2 is 1.90 bits per heavy atom. The van der Waals surface area contributed by atoms with Crippen LogP contribution in [0.4, 0.5) is 0 Å². The fourth-order valence-corrected chi connectivity index (χ4v) is 3.30. The van der Waals surface area contributed by atoms with E-state index >= 15 is 0 Å². The van der Waals surface area contributed by atoms with Gasteiger partial charge in [0.15, 0.2) is 9.84 Å². The van der Waals surface area contributed by atoms with E-state index in [0.29, 0.717) is 11.4 Å². The first-order chi connectivity index (χ1) is 9.27. The second kappa shape index (κ2) is 7.06. The normalized spacial score (nSPS) is 13.4. The molecule has 1 unspecified atom stereocenters. The molecule has 0 aliphatic carbocycles. The molecule has 0 saturated heterocycles. The topological polar surface area (TPSA) is 74.7 Å². The van der Waals surface area contributed by atoms with Gasteiger partial charge in [-0.2, -0.15) is 0 Å². The molecule has 1 N–H and O–H groups in total. The number of hydrogen-bond acceptors (Lipinski definition) is 4. The molecule has 0 saturated carbocycles. The highest BCUT2D eigenvalue weighted by Gasteiger charge is 2.22. The SMILES string of the molecule is CCC(C(=O)O)N(C)CCS(=O)(=O)c1ccc(Cl)cc1. The molecule has 1 atom stereocenters. The summed E-state index contributed by atoms with van der Waals surface area (Å²) in [6.45, 7) is 1.92. The molecule has 5 nitrogen and oxygen atoms in total. The van der Waals surface area contributed by atoms with Crippen LogP contribution in [0.3, 0.4) is 0 Å². The van der Waals surface area contributed by atoms with Crippen LogP contribution in [-0.2, 0) is 14.6 Å². The smallest absolute Gasteiger partial charge is 0.320 e. The maximum atomic E-state index is 12.1. The summed E-state index contributed by atoms with van der Waals surface area (Å²) in [6, 6.07) is 5.27. The van der Waals surface area contributed by atoms with Crippen LogP contribution in [0.1, 0.15) is 13.3 Å². The van der Waals surface area contributed by atoms with E-state index in [4.69, 9.17) is 16.7 Å². The number of hydrogen-bond donors (Lipinski definition) is 1. The van der Waals surface area contributed by atoms with Gasteiger partial charge in [0.05, 0.1) is 10.6 Å². The Balaban J connectivity index is 2.73. The third-order valence-electron chi connectivity index (χ3n) is 3.09. The minimum Gasteiger partial charge on any atom is -0.480 e. The molecular formula is C13H18ClNO4S. The summed E-state index contributed by atoms with van der Waals surface area (Å²) in [7, 11) is -1.82. The summed E-state index contributed by atoms with van der Waals surface area (Å²) >= 11 is 5.72. The molecule has 20 heavy (non-hydrogen) atoms. The van der Waals surface area contributed by atoms with Crippen LogP contribution in [0.25, 0.3) is 0 Å². The molecule has 0 aliphatic rings. The number of carbonyl (C=O) groups is 1. The van der Waals surface area contributed by atoms with Crippen LogP contribution in [0.15, 0.2) is 29.2 Å². The van der Waals surface area contributed by atoms with E-state index < -0.39 is 21.8 Å². The molecule has 0 spiro atoms. The minimum absolute atomic E-state index is 0.130. The van der Waals surface area contributed by atoms with Crippen molar-refractivity contribution >= 4 is 27.4 Å². The quantitative estimate of drug-likeness (QED) is 0.831.